The molecule has 1 aromatic heterocycles. The van der Waals surface area contributed by atoms with Gasteiger partial charge in [0.05, 0.1) is 23.5 Å². The van der Waals surface area contributed by atoms with E-state index in [1.807, 2.05) is 43.0 Å². The lowest BCUT2D eigenvalue weighted by atomic mass is 9.92. The van der Waals surface area contributed by atoms with Gasteiger partial charge in [0.1, 0.15) is 11.4 Å². The summed E-state index contributed by atoms with van der Waals surface area (Å²) in [5.41, 5.74) is 1.13. The smallest absolute Gasteiger partial charge is 0.264 e. The summed E-state index contributed by atoms with van der Waals surface area (Å²) in [7, 11) is 0. The highest BCUT2D eigenvalue weighted by Gasteiger charge is 2.42. The van der Waals surface area contributed by atoms with Crippen LogP contribution in [-0.2, 0) is 0 Å². The van der Waals surface area contributed by atoms with Gasteiger partial charge in [-0.1, -0.05) is 12.1 Å². The van der Waals surface area contributed by atoms with E-state index in [9.17, 15) is 9.59 Å². The van der Waals surface area contributed by atoms with E-state index in [1.54, 1.807) is 17.4 Å². The number of ether oxygens (including phenoxy) is 1. The monoisotopic (exact) mass is 370 g/mol. The Kier molecular flexibility index (Phi) is 4.23. The molecular formula is C20H22N2O3S. The molecule has 2 aliphatic rings. The fourth-order valence-corrected chi connectivity index (χ4v) is 4.68. The van der Waals surface area contributed by atoms with Crippen LogP contribution >= 0.6 is 11.3 Å². The molecule has 1 aromatic carbocycles. The summed E-state index contributed by atoms with van der Waals surface area (Å²) in [5.74, 6) is 0.530. The number of para-hydroxylation sites is 1. The molecular weight excluding hydrogens is 348 g/mol. The number of piperidine rings is 1. The summed E-state index contributed by atoms with van der Waals surface area (Å²) >= 11 is 1.54. The summed E-state index contributed by atoms with van der Waals surface area (Å²) in [6.07, 6.45) is 1.67. The lowest BCUT2D eigenvalue weighted by Gasteiger charge is -2.41. The molecule has 2 aromatic rings. The molecule has 1 N–H and O–H groups in total. The van der Waals surface area contributed by atoms with E-state index >= 15 is 0 Å². The van der Waals surface area contributed by atoms with Crippen LogP contribution in [-0.4, -0.2) is 41.9 Å². The van der Waals surface area contributed by atoms with E-state index < -0.39 is 5.60 Å². The van der Waals surface area contributed by atoms with Gasteiger partial charge >= 0.3 is 0 Å². The zero-order valence-corrected chi connectivity index (χ0v) is 15.8. The molecule has 0 unspecified atom stereocenters. The van der Waals surface area contributed by atoms with E-state index in [0.29, 0.717) is 24.4 Å². The Morgan fingerprint density at radius 2 is 2.12 bits per heavy atom. The largest absolute Gasteiger partial charge is 0.483 e. The van der Waals surface area contributed by atoms with Crippen LogP contribution in [0.5, 0.6) is 5.75 Å². The molecule has 0 aliphatic carbocycles. The predicted octanol–water partition coefficient (Wildman–Crippen LogP) is 3.16. The van der Waals surface area contributed by atoms with Crippen molar-refractivity contribution in [1.82, 2.24) is 10.2 Å². The number of carbonyl (C=O) groups is 2. The number of amides is 2. The van der Waals surface area contributed by atoms with Crippen LogP contribution in [0, 0.1) is 13.8 Å². The molecule has 6 heteroatoms. The summed E-state index contributed by atoms with van der Waals surface area (Å²) in [6.45, 7) is 5.68. The SMILES string of the molecule is Cc1cc(C(=O)N2CCC[C@]3(CNC(=O)c4ccccc4O3)C2)sc1C. The van der Waals surface area contributed by atoms with Crippen molar-refractivity contribution in [2.75, 3.05) is 19.6 Å². The highest BCUT2D eigenvalue weighted by molar-refractivity contribution is 7.14. The van der Waals surface area contributed by atoms with Crippen molar-refractivity contribution in [3.05, 3.63) is 51.2 Å². The van der Waals surface area contributed by atoms with Gasteiger partial charge in [-0.2, -0.15) is 0 Å². The van der Waals surface area contributed by atoms with Crippen molar-refractivity contribution >= 4 is 23.2 Å². The number of benzene rings is 1. The normalized spacial score (nSPS) is 22.4. The van der Waals surface area contributed by atoms with Crippen LogP contribution in [0.1, 0.15) is 43.3 Å². The van der Waals surface area contributed by atoms with Gasteiger partial charge in [0, 0.05) is 11.4 Å². The molecule has 2 aliphatic heterocycles. The molecule has 1 fully saturated rings. The highest BCUT2D eigenvalue weighted by Crippen LogP contribution is 2.33. The summed E-state index contributed by atoms with van der Waals surface area (Å²) in [5, 5.41) is 2.97. The second-order valence-electron chi connectivity index (χ2n) is 7.14. The maximum Gasteiger partial charge on any atom is 0.264 e. The number of thiophene rings is 1. The average molecular weight is 370 g/mol. The number of likely N-dealkylation sites (tertiary alicyclic amines) is 1. The van der Waals surface area contributed by atoms with Gasteiger partial charge in [-0.15, -0.1) is 11.3 Å². The van der Waals surface area contributed by atoms with Crippen molar-refractivity contribution in [2.45, 2.75) is 32.3 Å². The average Bonchev–Trinajstić information content (AvgIpc) is 2.91. The van der Waals surface area contributed by atoms with Crippen LogP contribution < -0.4 is 10.1 Å². The zero-order valence-electron chi connectivity index (χ0n) is 15.0. The maximum absolute atomic E-state index is 13.0. The Morgan fingerprint density at radius 3 is 2.88 bits per heavy atom. The molecule has 4 rings (SSSR count). The van der Waals surface area contributed by atoms with Crippen LogP contribution in [0.4, 0.5) is 0 Å². The second kappa shape index (κ2) is 6.43. The van der Waals surface area contributed by atoms with E-state index in [-0.39, 0.29) is 11.8 Å². The summed E-state index contributed by atoms with van der Waals surface area (Å²) in [6, 6.07) is 9.27. The first kappa shape index (κ1) is 17.1. The lowest BCUT2D eigenvalue weighted by molar-refractivity contribution is -0.000668. The Bertz CT molecular complexity index is 856. The third-order valence-electron chi connectivity index (χ3n) is 5.23. The lowest BCUT2D eigenvalue weighted by Crippen LogP contribution is -2.57. The van der Waals surface area contributed by atoms with Gasteiger partial charge in [0.25, 0.3) is 11.8 Å². The molecule has 1 atom stereocenters. The summed E-state index contributed by atoms with van der Waals surface area (Å²) < 4.78 is 6.33. The second-order valence-corrected chi connectivity index (χ2v) is 8.40. The van der Waals surface area contributed by atoms with Gasteiger partial charge < -0.3 is 15.0 Å². The fraction of sp³-hybridized carbons (Fsp3) is 0.400. The Balaban J connectivity index is 1.60. The number of fused-ring (bicyclic) bond motifs is 1. The molecule has 0 bridgehead atoms. The van der Waals surface area contributed by atoms with E-state index in [1.165, 1.54) is 4.88 Å². The molecule has 3 heterocycles. The van der Waals surface area contributed by atoms with Crippen molar-refractivity contribution in [2.24, 2.45) is 0 Å². The number of hydrogen-bond acceptors (Lipinski definition) is 4. The van der Waals surface area contributed by atoms with Crippen LogP contribution in [0.15, 0.2) is 30.3 Å². The highest BCUT2D eigenvalue weighted by atomic mass is 32.1. The number of rotatable bonds is 1. The number of aryl methyl sites for hydroxylation is 2. The third-order valence-corrected chi connectivity index (χ3v) is 6.37. The molecule has 0 radical (unpaired) electrons. The van der Waals surface area contributed by atoms with E-state index in [4.69, 9.17) is 4.74 Å². The van der Waals surface area contributed by atoms with Crippen molar-refractivity contribution in [3.8, 4) is 5.75 Å². The summed E-state index contributed by atoms with van der Waals surface area (Å²) in [4.78, 5) is 29.1. The zero-order chi connectivity index (χ0) is 18.3. The van der Waals surface area contributed by atoms with Crippen LogP contribution in [0.25, 0.3) is 0 Å². The van der Waals surface area contributed by atoms with Gasteiger partial charge in [0.15, 0.2) is 0 Å². The molecule has 2 amide bonds. The number of hydrogen-bond donors (Lipinski definition) is 1. The minimum Gasteiger partial charge on any atom is -0.483 e. The van der Waals surface area contributed by atoms with Crippen LogP contribution in [0.3, 0.4) is 0 Å². The quantitative estimate of drug-likeness (QED) is 0.839. The topological polar surface area (TPSA) is 58.6 Å². The Hall–Kier alpha value is -2.34. The van der Waals surface area contributed by atoms with Gasteiger partial charge in [0.2, 0.25) is 0 Å². The van der Waals surface area contributed by atoms with E-state index in [2.05, 4.69) is 5.32 Å². The van der Waals surface area contributed by atoms with Crippen molar-refractivity contribution < 1.29 is 14.3 Å². The fourth-order valence-electron chi connectivity index (χ4n) is 3.68. The van der Waals surface area contributed by atoms with Gasteiger partial charge in [-0.25, -0.2) is 0 Å². The number of carbonyl (C=O) groups excluding carboxylic acids is 2. The number of nitrogens with one attached hydrogen (secondary N) is 1. The molecule has 1 spiro atoms. The molecule has 1 saturated heterocycles. The van der Waals surface area contributed by atoms with Crippen molar-refractivity contribution in [3.63, 3.8) is 0 Å². The standard InChI is InChI=1S/C20H22N2O3S/c1-13-10-17(26-14(13)2)19(24)22-9-5-8-20(12-22)11-21-18(23)15-6-3-4-7-16(15)25-20/h3-4,6-7,10H,5,8-9,11-12H2,1-2H3,(H,21,23)/t20-/m0/s1. The molecule has 5 nitrogen and oxygen atoms in total. The first-order valence-electron chi connectivity index (χ1n) is 8.90. The van der Waals surface area contributed by atoms with Gasteiger partial charge in [-0.3, -0.25) is 9.59 Å². The third kappa shape index (κ3) is 2.98. The molecule has 0 saturated carbocycles. The minimum atomic E-state index is -0.572. The maximum atomic E-state index is 13.0. The predicted molar refractivity (Wildman–Crippen MR) is 101 cm³/mol. The van der Waals surface area contributed by atoms with Gasteiger partial charge in [-0.05, 0) is 50.5 Å². The molecule has 26 heavy (non-hydrogen) atoms. The van der Waals surface area contributed by atoms with Crippen LogP contribution in [0.2, 0.25) is 0 Å². The Labute approximate surface area is 157 Å². The number of nitrogens with zero attached hydrogens (tertiary/aromatic N) is 1. The first-order chi connectivity index (χ1) is 12.5. The van der Waals surface area contributed by atoms with E-state index in [0.717, 1.165) is 29.8 Å². The van der Waals surface area contributed by atoms with Crippen molar-refractivity contribution in [1.29, 1.82) is 0 Å². The Morgan fingerprint density at radius 1 is 1.31 bits per heavy atom. The molecule has 136 valence electrons. The first-order valence-corrected chi connectivity index (χ1v) is 9.72. The minimum absolute atomic E-state index is 0.0535.